The van der Waals surface area contributed by atoms with Gasteiger partial charge < -0.3 is 9.31 Å². The van der Waals surface area contributed by atoms with Crippen LogP contribution in [0, 0.1) is 0 Å². The lowest BCUT2D eigenvalue weighted by Gasteiger charge is -2.40. The number of benzene rings is 16. The average molecular weight is 1730 g/mol. The summed E-state index contributed by atoms with van der Waals surface area (Å²) in [5.41, 5.74) is 33.4. The minimum atomic E-state index is -0.574. The monoisotopic (exact) mass is 1720 g/mol. The van der Waals surface area contributed by atoms with Gasteiger partial charge >= 0.3 is 7.12 Å². The van der Waals surface area contributed by atoms with Gasteiger partial charge in [-0.2, -0.15) is 0 Å². The first-order valence-electron chi connectivity index (χ1n) is 44.0. The average Bonchev–Trinajstić information content (AvgIpc) is 1.50. The molecule has 130 heavy (non-hydrogen) atoms. The molecular formula is C118H82BClN6O2S2. The Kier molecular flexibility index (Phi) is 20.1. The van der Waals surface area contributed by atoms with Gasteiger partial charge in [0.05, 0.1) is 50.1 Å². The van der Waals surface area contributed by atoms with E-state index in [1.165, 1.54) is 103 Å². The van der Waals surface area contributed by atoms with E-state index in [1.54, 1.807) is 6.07 Å². The second kappa shape index (κ2) is 32.7. The van der Waals surface area contributed by atoms with Crippen LogP contribution >= 0.6 is 35.1 Å². The molecule has 25 rings (SSSR count). The lowest BCUT2D eigenvalue weighted by molar-refractivity contribution is 0.00578. The summed E-state index contributed by atoms with van der Waals surface area (Å²) in [4.78, 5) is 34.4. The lowest BCUT2D eigenvalue weighted by Crippen LogP contribution is -2.41. The molecule has 0 atom stereocenters. The number of nitrogens with zero attached hydrogens (tertiary/aromatic N) is 6. The highest BCUT2D eigenvalue weighted by Crippen LogP contribution is 2.65. The number of halogens is 1. The van der Waals surface area contributed by atoms with Crippen LogP contribution in [0.2, 0.25) is 5.15 Å². The summed E-state index contributed by atoms with van der Waals surface area (Å²) < 4.78 is 13.2. The van der Waals surface area contributed by atoms with Gasteiger partial charge in [0.15, 0.2) is 11.6 Å². The molecule has 0 saturated carbocycles. The Morgan fingerprint density at radius 3 is 1.00 bits per heavy atom. The van der Waals surface area contributed by atoms with Gasteiger partial charge in [0.2, 0.25) is 0 Å². The van der Waals surface area contributed by atoms with Crippen molar-refractivity contribution in [2.75, 3.05) is 0 Å². The molecule has 0 unspecified atom stereocenters. The summed E-state index contributed by atoms with van der Waals surface area (Å²) in [5, 5.41) is 2.72. The van der Waals surface area contributed by atoms with Crippen LogP contribution < -0.4 is 5.46 Å². The molecule has 12 heteroatoms. The van der Waals surface area contributed by atoms with Crippen LogP contribution in [0.5, 0.6) is 0 Å². The lowest BCUT2D eigenvalue weighted by atomic mass is 9.65. The molecule has 0 bridgehead atoms. The fraction of sp³-hybridized carbons (Fsp3) is 0.0678. The molecule has 1 saturated heterocycles. The van der Waals surface area contributed by atoms with E-state index >= 15 is 0 Å². The third kappa shape index (κ3) is 13.8. The van der Waals surface area contributed by atoms with Crippen molar-refractivity contribution < 1.29 is 9.31 Å². The van der Waals surface area contributed by atoms with Gasteiger partial charge in [-0.3, -0.25) is 9.97 Å². The highest BCUT2D eigenvalue weighted by atomic mass is 35.5. The van der Waals surface area contributed by atoms with Crippen molar-refractivity contribution in [1.29, 1.82) is 0 Å². The normalized spacial score (nSPS) is 14.3. The summed E-state index contributed by atoms with van der Waals surface area (Å²) in [5.74, 6) is 1.33. The summed E-state index contributed by atoms with van der Waals surface area (Å²) in [7, 11) is -0.443. The first kappa shape index (κ1) is 80.1. The number of hydrogen-bond donors (Lipinski definition) is 0. The third-order valence-electron chi connectivity index (χ3n) is 26.6. The molecule has 618 valence electrons. The van der Waals surface area contributed by atoms with Gasteiger partial charge in [-0.15, -0.1) is 0 Å². The Balaban J connectivity index is 0.000000121. The Bertz CT molecular complexity index is 7750. The molecule has 2 aliphatic carbocycles. The minimum absolute atomic E-state index is 0.417. The number of hydrogen-bond acceptors (Lipinski definition) is 10. The molecule has 20 aromatic rings. The van der Waals surface area contributed by atoms with E-state index in [-0.39, 0.29) is 0 Å². The smallest absolute Gasteiger partial charge is 0.399 e. The van der Waals surface area contributed by atoms with E-state index in [9.17, 15) is 0 Å². The van der Waals surface area contributed by atoms with Crippen molar-refractivity contribution in [3.8, 4) is 123 Å². The van der Waals surface area contributed by atoms with Gasteiger partial charge in [-0.25, -0.2) is 19.9 Å². The summed E-state index contributed by atoms with van der Waals surface area (Å²) in [6, 6.07) is 147. The maximum Gasteiger partial charge on any atom is 0.494 e. The minimum Gasteiger partial charge on any atom is -0.399 e. The Morgan fingerprint density at radius 2 is 0.569 bits per heavy atom. The van der Waals surface area contributed by atoms with E-state index < -0.39 is 29.2 Å². The first-order valence-corrected chi connectivity index (χ1v) is 46.0. The molecule has 2 spiro atoms. The Labute approximate surface area is 770 Å². The van der Waals surface area contributed by atoms with Crippen molar-refractivity contribution in [2.24, 2.45) is 0 Å². The maximum absolute atomic E-state index is 6.59. The number of rotatable bonds is 10. The molecule has 3 aliphatic heterocycles. The van der Waals surface area contributed by atoms with Crippen LogP contribution in [0.25, 0.3) is 145 Å². The van der Waals surface area contributed by atoms with E-state index in [2.05, 4.69) is 360 Å². The van der Waals surface area contributed by atoms with Crippen molar-refractivity contribution in [1.82, 2.24) is 29.9 Å². The van der Waals surface area contributed by atoms with Gasteiger partial charge in [0, 0.05) is 87.8 Å². The number of aromatic nitrogens is 6. The predicted octanol–water partition coefficient (Wildman–Crippen LogP) is 29.3. The summed E-state index contributed by atoms with van der Waals surface area (Å²) >= 11 is 9.98. The van der Waals surface area contributed by atoms with Crippen molar-refractivity contribution >= 4 is 69.5 Å². The van der Waals surface area contributed by atoms with Crippen LogP contribution in [-0.2, 0) is 20.1 Å². The molecule has 0 N–H and O–H groups in total. The fourth-order valence-corrected chi connectivity index (χ4v) is 22.4. The van der Waals surface area contributed by atoms with Gasteiger partial charge in [0.25, 0.3) is 0 Å². The van der Waals surface area contributed by atoms with Crippen LogP contribution in [0.4, 0.5) is 0 Å². The third-order valence-corrected chi connectivity index (χ3v) is 29.1. The van der Waals surface area contributed by atoms with Gasteiger partial charge in [0.1, 0.15) is 5.15 Å². The van der Waals surface area contributed by atoms with Crippen LogP contribution in [0.15, 0.2) is 444 Å². The van der Waals surface area contributed by atoms with Gasteiger partial charge in [-0.05, 0) is 206 Å². The predicted molar refractivity (Wildman–Crippen MR) is 534 cm³/mol. The zero-order valence-electron chi connectivity index (χ0n) is 71.7. The number of fused-ring (bicyclic) bond motifs is 20. The van der Waals surface area contributed by atoms with E-state index in [0.717, 1.165) is 100.0 Å². The van der Waals surface area contributed by atoms with Crippen molar-refractivity contribution in [3.63, 3.8) is 0 Å². The molecule has 7 heterocycles. The SMILES string of the molecule is CC1(C)OB(c2ccc3c(c2)C2(c4ccccc4Sc4ccccc42)c2cc(-c4cccc5cccnc45)ccc2-3)OC1(C)C.Clc1cc(-c2cccc(-c3ccccc3)c2)nc(-c2ccccc2)n1.c1ccc(-c2cccc(-c3cc(-c4ccc5c(c4)C4(c6ccccc6Sc6ccccc64)c4cc(-c6cccc7cccnc67)ccc4-5)nc(-c4ccccc4)n3)c2)cc1. The highest BCUT2D eigenvalue weighted by molar-refractivity contribution is 7.99. The van der Waals surface area contributed by atoms with Gasteiger partial charge in [-0.1, -0.05) is 369 Å². The second-order valence-corrected chi connectivity index (χ2v) is 37.2. The van der Waals surface area contributed by atoms with Crippen molar-refractivity contribution in [3.05, 3.63) is 475 Å². The zero-order valence-corrected chi connectivity index (χ0v) is 74.1. The Hall–Kier alpha value is -14.5. The highest BCUT2D eigenvalue weighted by Gasteiger charge is 2.55. The molecular weight excluding hydrogens is 1640 g/mol. The van der Waals surface area contributed by atoms with Crippen LogP contribution in [-0.4, -0.2) is 48.2 Å². The summed E-state index contributed by atoms with van der Waals surface area (Å²) in [6.07, 6.45) is 3.78. The van der Waals surface area contributed by atoms with E-state index in [1.807, 2.05) is 115 Å². The second-order valence-electron chi connectivity index (χ2n) is 34.6. The maximum atomic E-state index is 6.59. The topological polar surface area (TPSA) is 95.8 Å². The number of para-hydroxylation sites is 2. The van der Waals surface area contributed by atoms with Crippen LogP contribution in [0.1, 0.15) is 72.2 Å². The van der Waals surface area contributed by atoms with Crippen molar-refractivity contribution in [2.45, 2.75) is 69.3 Å². The van der Waals surface area contributed by atoms with E-state index in [4.69, 9.17) is 45.8 Å². The standard InChI is InChI=1S/C56H35N3S.C40H32BNO2S.C22H15ClN2/c1-3-14-36(15-4-1)39-19-11-20-41(32-39)50-35-51(59-55(58-50)38-16-5-2-6-17-38)42-28-30-45-44-29-27-40(43-22-12-18-37-21-13-31-57-54(37)43)33-48(44)56(49(45)34-42)46-23-7-9-25-52(46)60-53-26-10-8-24-47(53)56;1-38(2)39(3,4)44-41(43-38)27-19-21-30-29-20-18-26(28-13-9-11-25-12-10-22-42-37(25)28)23-33(29)40(34(30)24-27)31-14-5-7-16-35(31)45-36-17-8-6-15-32(36)40;23-21-15-20(24-22(25-21)17-10-5-2-6-11-17)19-13-7-12-18(14-19)16-8-3-1-4-9-16/h1-35H;5-24H,1-4H3;1-15H. The first-order chi connectivity index (χ1) is 63.8. The quantitative estimate of drug-likeness (QED) is 0.0973. The molecule has 5 aliphatic rings. The molecule has 4 aromatic heterocycles. The zero-order chi connectivity index (χ0) is 87.2. The molecule has 1 fully saturated rings. The van der Waals surface area contributed by atoms with Crippen LogP contribution in [0.3, 0.4) is 0 Å². The molecule has 16 aromatic carbocycles. The Morgan fingerprint density at radius 1 is 0.246 bits per heavy atom. The largest absolute Gasteiger partial charge is 0.494 e. The molecule has 0 radical (unpaired) electrons. The number of pyridine rings is 2. The molecule has 8 nitrogen and oxygen atoms in total. The molecule has 0 amide bonds. The summed E-state index contributed by atoms with van der Waals surface area (Å²) in [6.45, 7) is 8.47. The van der Waals surface area contributed by atoms with E-state index in [0.29, 0.717) is 16.8 Å². The fourth-order valence-electron chi connectivity index (χ4n) is 19.8.